The molecule has 1 heteroatoms. The monoisotopic (exact) mass is 493 g/mol. The van der Waals surface area contributed by atoms with Crippen LogP contribution in [0.2, 0.25) is 0 Å². The van der Waals surface area contributed by atoms with Crippen LogP contribution in [0.15, 0.2) is 12.2 Å². The molecular formula is C33H77F. The van der Waals surface area contributed by atoms with Gasteiger partial charge in [-0.3, -0.25) is 4.39 Å². The highest BCUT2D eigenvalue weighted by molar-refractivity contribution is 4.73. The van der Waals surface area contributed by atoms with Crippen LogP contribution >= 0.6 is 0 Å². The molecule has 0 saturated heterocycles. The van der Waals surface area contributed by atoms with Crippen molar-refractivity contribution in [2.45, 2.75) is 193 Å². The zero-order valence-corrected chi connectivity index (χ0v) is 27.4. The average Bonchev–Trinajstić information content (AvgIpc) is 2.91. The highest BCUT2D eigenvalue weighted by atomic mass is 19.1. The Kier molecular flexibility index (Phi) is 114. The highest BCUT2D eigenvalue weighted by Gasteiger charge is 1.88. The molecule has 0 rings (SSSR count). The van der Waals surface area contributed by atoms with Crippen LogP contribution < -0.4 is 0 Å². The Bertz CT molecular complexity index is 207. The predicted molar refractivity (Wildman–Crippen MR) is 167 cm³/mol. The number of rotatable bonds is 13. The molecule has 0 aliphatic rings. The lowest BCUT2D eigenvalue weighted by atomic mass is 10.1. The largest absolute Gasteiger partial charge is 0.255 e. The Morgan fingerprint density at radius 3 is 0.882 bits per heavy atom. The predicted octanol–water partition coefficient (Wildman–Crippen LogP) is 14.2. The first-order valence-corrected chi connectivity index (χ1v) is 15.5. The molecule has 0 aromatic heterocycles. The maximum atomic E-state index is 9.50. The fourth-order valence-electron chi connectivity index (χ4n) is 2.05. The molecule has 0 fully saturated rings. The van der Waals surface area contributed by atoms with E-state index < -0.39 is 0 Å². The fourth-order valence-corrected chi connectivity index (χ4v) is 2.05. The Hall–Kier alpha value is -0.330. The summed E-state index contributed by atoms with van der Waals surface area (Å²) < 4.78 is 9.50. The van der Waals surface area contributed by atoms with Crippen molar-refractivity contribution in [2.75, 3.05) is 7.18 Å². The first kappa shape index (κ1) is 50.5. The van der Waals surface area contributed by atoms with E-state index in [4.69, 9.17) is 0 Å². The smallest absolute Gasteiger partial charge is 0.0785 e. The number of hydrogen-bond donors (Lipinski definition) is 0. The van der Waals surface area contributed by atoms with E-state index in [9.17, 15) is 4.39 Å². The third-order valence-corrected chi connectivity index (χ3v) is 5.03. The van der Waals surface area contributed by atoms with Crippen LogP contribution in [0.5, 0.6) is 0 Å². The molecule has 0 amide bonds. The lowest BCUT2D eigenvalue weighted by molar-refractivity contribution is 0.544. The molecule has 216 valence electrons. The summed E-state index contributed by atoms with van der Waals surface area (Å²) in [5.74, 6) is 0.935. The molecule has 0 spiro atoms. The van der Waals surface area contributed by atoms with E-state index in [1.165, 1.54) is 96.3 Å². The molecule has 0 saturated carbocycles. The van der Waals surface area contributed by atoms with Crippen molar-refractivity contribution in [1.29, 1.82) is 0 Å². The maximum Gasteiger partial charge on any atom is 0.0785 e. The van der Waals surface area contributed by atoms with E-state index in [0.717, 1.165) is 12.3 Å². The second-order valence-corrected chi connectivity index (χ2v) is 8.37. The molecule has 0 aliphatic heterocycles. The number of allylic oxidation sites excluding steroid dienone is 2. The summed E-state index contributed by atoms with van der Waals surface area (Å²) in [6.07, 6.45) is 26.2. The standard InChI is InChI=1S/C9H20.2C6H14.C5H10.C4H10.C2H6.CH3F/c1-3-5-7-9-8-6-4-2;1-4-6(3)5-2;1-3-5-6-4-2;1-3-5-4-2;1-3-4-2;2*1-2/h3-9H2,1-2H3;6H,4-5H2,1-3H3;3-6H2,1-2H3;3,5H,4H2,1-2H3;3-4H2,1-2H3;1-2H3;1H3/b;;;5-3-;;;. The van der Waals surface area contributed by atoms with Crippen LogP contribution in [0.4, 0.5) is 4.39 Å². The minimum absolute atomic E-state index is 0.500. The lowest BCUT2D eigenvalue weighted by Gasteiger charge is -1.98. The Morgan fingerprint density at radius 2 is 0.765 bits per heavy atom. The zero-order valence-electron chi connectivity index (χ0n) is 27.4. The molecule has 34 heavy (non-hydrogen) atoms. The normalized spacial score (nSPS) is 8.71. The van der Waals surface area contributed by atoms with Crippen molar-refractivity contribution >= 4 is 0 Å². The quantitative estimate of drug-likeness (QED) is 0.177. The highest BCUT2D eigenvalue weighted by Crippen LogP contribution is 2.05. The molecule has 0 radical (unpaired) electrons. The Balaban J connectivity index is -0.0000000528. The first-order valence-electron chi connectivity index (χ1n) is 15.5. The molecule has 0 aromatic rings. The third-order valence-electron chi connectivity index (χ3n) is 5.03. The van der Waals surface area contributed by atoms with Crippen molar-refractivity contribution in [3.8, 4) is 0 Å². The van der Waals surface area contributed by atoms with Crippen molar-refractivity contribution in [3.63, 3.8) is 0 Å². The van der Waals surface area contributed by atoms with Crippen molar-refractivity contribution in [1.82, 2.24) is 0 Å². The average molecular weight is 493 g/mol. The molecule has 0 bridgehead atoms. The fraction of sp³-hybridized carbons (Fsp3) is 0.939. The van der Waals surface area contributed by atoms with E-state index >= 15 is 0 Å². The molecule has 0 heterocycles. The van der Waals surface area contributed by atoms with Gasteiger partial charge in [-0.1, -0.05) is 192 Å². The zero-order chi connectivity index (χ0) is 28.3. The van der Waals surface area contributed by atoms with Gasteiger partial charge in [-0.05, 0) is 19.3 Å². The summed E-state index contributed by atoms with van der Waals surface area (Å²) in [4.78, 5) is 0. The van der Waals surface area contributed by atoms with Crippen molar-refractivity contribution in [2.24, 2.45) is 5.92 Å². The van der Waals surface area contributed by atoms with Gasteiger partial charge in [0.25, 0.3) is 0 Å². The lowest BCUT2D eigenvalue weighted by Crippen LogP contribution is -1.85. The van der Waals surface area contributed by atoms with E-state index in [0.29, 0.717) is 7.18 Å². The minimum Gasteiger partial charge on any atom is -0.255 e. The second kappa shape index (κ2) is 76.7. The van der Waals surface area contributed by atoms with Gasteiger partial charge < -0.3 is 0 Å². The van der Waals surface area contributed by atoms with E-state index in [1.54, 1.807) is 0 Å². The van der Waals surface area contributed by atoms with Gasteiger partial charge >= 0.3 is 0 Å². The molecule has 0 aromatic carbocycles. The number of halogens is 1. The SMILES string of the molecule is C/C=C\CC.CC.CCC(C)CC.CCCC.CCCCCC.CCCCCCCCC.CF. The minimum atomic E-state index is 0.500. The third kappa shape index (κ3) is 121. The van der Waals surface area contributed by atoms with E-state index in [2.05, 4.69) is 81.4 Å². The Morgan fingerprint density at radius 1 is 0.500 bits per heavy atom. The van der Waals surface area contributed by atoms with Gasteiger partial charge in [0, 0.05) is 0 Å². The summed E-state index contributed by atoms with van der Waals surface area (Å²) in [5, 5.41) is 0. The topological polar surface area (TPSA) is 0 Å². The molecule has 0 nitrogen and oxygen atoms in total. The molecule has 0 aliphatic carbocycles. The molecule has 0 N–H and O–H groups in total. The van der Waals surface area contributed by atoms with E-state index in [-0.39, 0.29) is 0 Å². The van der Waals surface area contributed by atoms with Gasteiger partial charge in [-0.2, -0.15) is 0 Å². The second-order valence-electron chi connectivity index (χ2n) is 8.37. The number of hydrogen-bond acceptors (Lipinski definition) is 0. The van der Waals surface area contributed by atoms with E-state index in [1.807, 2.05) is 20.8 Å². The Labute approximate surface area is 222 Å². The van der Waals surface area contributed by atoms with Crippen LogP contribution in [0.1, 0.15) is 193 Å². The summed E-state index contributed by atoms with van der Waals surface area (Å²) in [7, 11) is 0.500. The van der Waals surface area contributed by atoms with Gasteiger partial charge in [0.1, 0.15) is 0 Å². The van der Waals surface area contributed by atoms with Gasteiger partial charge in [0.15, 0.2) is 0 Å². The van der Waals surface area contributed by atoms with Crippen molar-refractivity contribution in [3.05, 3.63) is 12.2 Å². The molecule has 0 atom stereocenters. The van der Waals surface area contributed by atoms with Gasteiger partial charge in [-0.25, -0.2) is 0 Å². The summed E-state index contributed by atoms with van der Waals surface area (Å²) in [6.45, 7) is 28.2. The van der Waals surface area contributed by atoms with Crippen LogP contribution in [0, 0.1) is 5.92 Å². The maximum absolute atomic E-state index is 9.50. The van der Waals surface area contributed by atoms with Crippen LogP contribution in [0.3, 0.4) is 0 Å². The van der Waals surface area contributed by atoms with Gasteiger partial charge in [0.05, 0.1) is 7.18 Å². The summed E-state index contributed by atoms with van der Waals surface area (Å²) >= 11 is 0. The number of alkyl halides is 1. The molecular weight excluding hydrogens is 415 g/mol. The van der Waals surface area contributed by atoms with Crippen LogP contribution in [0.25, 0.3) is 0 Å². The summed E-state index contributed by atoms with van der Waals surface area (Å²) in [5.41, 5.74) is 0. The first-order chi connectivity index (χ1) is 16.5. The van der Waals surface area contributed by atoms with Crippen LogP contribution in [-0.4, -0.2) is 7.18 Å². The number of unbranched alkanes of at least 4 members (excludes halogenated alkanes) is 10. The van der Waals surface area contributed by atoms with Crippen molar-refractivity contribution < 1.29 is 4.39 Å². The molecule has 0 unspecified atom stereocenters. The van der Waals surface area contributed by atoms with Gasteiger partial charge in [0.2, 0.25) is 0 Å². The van der Waals surface area contributed by atoms with Crippen LogP contribution in [-0.2, 0) is 0 Å². The van der Waals surface area contributed by atoms with Gasteiger partial charge in [-0.15, -0.1) is 0 Å². The summed E-state index contributed by atoms with van der Waals surface area (Å²) in [6, 6.07) is 0.